The van der Waals surface area contributed by atoms with E-state index in [4.69, 9.17) is 11.6 Å². The zero-order valence-electron chi connectivity index (χ0n) is 8.77. The van der Waals surface area contributed by atoms with E-state index < -0.39 is 0 Å². The van der Waals surface area contributed by atoms with Crippen LogP contribution in [0.3, 0.4) is 0 Å². The van der Waals surface area contributed by atoms with Crippen LogP contribution in [0, 0.1) is 0 Å². The van der Waals surface area contributed by atoms with Crippen LogP contribution in [0.15, 0.2) is 0 Å². The van der Waals surface area contributed by atoms with Gasteiger partial charge in [-0.2, -0.15) is 0 Å². The highest BCUT2D eigenvalue weighted by molar-refractivity contribution is 6.18. The van der Waals surface area contributed by atoms with E-state index in [2.05, 4.69) is 24.1 Å². The SMILES string of the molecule is CCN(CC)CCNC1(CCl)CC1. The molecule has 78 valence electrons. The first-order chi connectivity index (χ1) is 6.26. The molecule has 0 aromatic rings. The van der Waals surface area contributed by atoms with Crippen molar-refractivity contribution < 1.29 is 0 Å². The second-order valence-corrected chi connectivity index (χ2v) is 4.13. The second kappa shape index (κ2) is 5.18. The van der Waals surface area contributed by atoms with Gasteiger partial charge in [0.05, 0.1) is 0 Å². The van der Waals surface area contributed by atoms with Gasteiger partial charge in [0.15, 0.2) is 0 Å². The first kappa shape index (κ1) is 11.3. The molecular formula is C10H21ClN2. The number of nitrogens with one attached hydrogen (secondary N) is 1. The molecule has 0 heterocycles. The van der Waals surface area contributed by atoms with Crippen LogP contribution in [-0.2, 0) is 0 Å². The molecule has 0 aliphatic heterocycles. The number of halogens is 1. The van der Waals surface area contributed by atoms with Crippen LogP contribution in [0.5, 0.6) is 0 Å². The monoisotopic (exact) mass is 204 g/mol. The normalized spacial score (nSPS) is 19.4. The molecule has 0 spiro atoms. The van der Waals surface area contributed by atoms with Crippen molar-refractivity contribution in [2.45, 2.75) is 32.2 Å². The van der Waals surface area contributed by atoms with Crippen LogP contribution >= 0.6 is 11.6 Å². The maximum absolute atomic E-state index is 5.86. The van der Waals surface area contributed by atoms with Crippen molar-refractivity contribution in [3.8, 4) is 0 Å². The van der Waals surface area contributed by atoms with Crippen molar-refractivity contribution in [2.75, 3.05) is 32.1 Å². The fourth-order valence-electron chi connectivity index (χ4n) is 1.53. The molecular weight excluding hydrogens is 184 g/mol. The lowest BCUT2D eigenvalue weighted by Crippen LogP contribution is -2.39. The minimum atomic E-state index is 0.314. The minimum absolute atomic E-state index is 0.314. The van der Waals surface area contributed by atoms with Crippen molar-refractivity contribution >= 4 is 11.6 Å². The molecule has 0 unspecified atom stereocenters. The Balaban J connectivity index is 2.06. The third-order valence-electron chi connectivity index (χ3n) is 2.93. The second-order valence-electron chi connectivity index (χ2n) is 3.87. The van der Waals surface area contributed by atoms with Gasteiger partial charge in [0.25, 0.3) is 0 Å². The zero-order chi connectivity index (χ0) is 9.73. The maximum Gasteiger partial charge on any atom is 0.0406 e. The molecule has 1 N–H and O–H groups in total. The molecule has 1 rings (SSSR count). The Labute approximate surface area is 86.6 Å². The Hall–Kier alpha value is 0.210. The summed E-state index contributed by atoms with van der Waals surface area (Å²) in [7, 11) is 0. The third-order valence-corrected chi connectivity index (χ3v) is 3.44. The van der Waals surface area contributed by atoms with Gasteiger partial charge in [-0.3, -0.25) is 0 Å². The van der Waals surface area contributed by atoms with E-state index in [0.29, 0.717) is 5.54 Å². The molecule has 1 aliphatic carbocycles. The molecule has 0 bridgehead atoms. The predicted molar refractivity (Wildman–Crippen MR) is 58.5 cm³/mol. The van der Waals surface area contributed by atoms with Gasteiger partial charge in [0.1, 0.15) is 0 Å². The van der Waals surface area contributed by atoms with Crippen molar-refractivity contribution in [1.29, 1.82) is 0 Å². The van der Waals surface area contributed by atoms with Gasteiger partial charge in [0, 0.05) is 24.5 Å². The molecule has 13 heavy (non-hydrogen) atoms. The molecule has 0 aromatic carbocycles. The molecule has 0 aromatic heterocycles. The Morgan fingerprint density at radius 3 is 2.31 bits per heavy atom. The van der Waals surface area contributed by atoms with Gasteiger partial charge in [-0.05, 0) is 25.9 Å². The molecule has 0 radical (unpaired) electrons. The van der Waals surface area contributed by atoms with Crippen LogP contribution in [0.1, 0.15) is 26.7 Å². The third kappa shape index (κ3) is 3.45. The molecule has 0 atom stereocenters. The van der Waals surface area contributed by atoms with E-state index in [9.17, 15) is 0 Å². The summed E-state index contributed by atoms with van der Waals surface area (Å²) in [6.45, 7) is 8.92. The molecule has 3 heteroatoms. The van der Waals surface area contributed by atoms with Gasteiger partial charge in [-0.15, -0.1) is 11.6 Å². The highest BCUT2D eigenvalue weighted by atomic mass is 35.5. The van der Waals surface area contributed by atoms with E-state index >= 15 is 0 Å². The van der Waals surface area contributed by atoms with Crippen LogP contribution in [0.25, 0.3) is 0 Å². The molecule has 0 amide bonds. The number of nitrogens with zero attached hydrogens (tertiary/aromatic N) is 1. The van der Waals surface area contributed by atoms with Gasteiger partial charge in [-0.25, -0.2) is 0 Å². The van der Waals surface area contributed by atoms with Crippen molar-refractivity contribution in [3.05, 3.63) is 0 Å². The van der Waals surface area contributed by atoms with Crippen molar-refractivity contribution in [3.63, 3.8) is 0 Å². The average molecular weight is 205 g/mol. The minimum Gasteiger partial charge on any atom is -0.309 e. The number of hydrogen-bond acceptors (Lipinski definition) is 2. The summed E-state index contributed by atoms with van der Waals surface area (Å²) in [5, 5.41) is 3.55. The largest absolute Gasteiger partial charge is 0.309 e. The standard InChI is InChI=1S/C10H21ClN2/c1-3-13(4-2)8-7-12-10(9-11)5-6-10/h12H,3-9H2,1-2H3. The fourth-order valence-corrected chi connectivity index (χ4v) is 1.89. The first-order valence-corrected chi connectivity index (χ1v) is 5.83. The molecule has 1 saturated carbocycles. The van der Waals surface area contributed by atoms with Gasteiger partial charge < -0.3 is 10.2 Å². The van der Waals surface area contributed by atoms with E-state index in [0.717, 1.165) is 32.1 Å². The van der Waals surface area contributed by atoms with Gasteiger partial charge >= 0.3 is 0 Å². The van der Waals surface area contributed by atoms with Crippen molar-refractivity contribution in [2.24, 2.45) is 0 Å². The summed E-state index contributed by atoms with van der Waals surface area (Å²) in [4.78, 5) is 2.43. The topological polar surface area (TPSA) is 15.3 Å². The highest BCUT2D eigenvalue weighted by Crippen LogP contribution is 2.35. The van der Waals surface area contributed by atoms with E-state index in [1.807, 2.05) is 0 Å². The number of hydrogen-bond donors (Lipinski definition) is 1. The summed E-state index contributed by atoms with van der Waals surface area (Å²) >= 11 is 5.86. The van der Waals surface area contributed by atoms with Gasteiger partial charge in [-0.1, -0.05) is 13.8 Å². The summed E-state index contributed by atoms with van der Waals surface area (Å²) in [5.41, 5.74) is 0.314. The summed E-state index contributed by atoms with van der Waals surface area (Å²) < 4.78 is 0. The van der Waals surface area contributed by atoms with Crippen molar-refractivity contribution in [1.82, 2.24) is 10.2 Å². The fraction of sp³-hybridized carbons (Fsp3) is 1.00. The van der Waals surface area contributed by atoms with E-state index in [1.54, 1.807) is 0 Å². The van der Waals surface area contributed by atoms with E-state index in [1.165, 1.54) is 12.8 Å². The number of rotatable bonds is 7. The lowest BCUT2D eigenvalue weighted by molar-refractivity contribution is 0.296. The zero-order valence-corrected chi connectivity index (χ0v) is 9.53. The maximum atomic E-state index is 5.86. The Bertz CT molecular complexity index is 142. The average Bonchev–Trinajstić information content (AvgIpc) is 2.93. The van der Waals surface area contributed by atoms with E-state index in [-0.39, 0.29) is 0 Å². The summed E-state index contributed by atoms with van der Waals surface area (Å²) in [6.07, 6.45) is 2.52. The summed E-state index contributed by atoms with van der Waals surface area (Å²) in [6, 6.07) is 0. The lowest BCUT2D eigenvalue weighted by atomic mass is 10.3. The Morgan fingerprint density at radius 1 is 1.31 bits per heavy atom. The lowest BCUT2D eigenvalue weighted by Gasteiger charge is -2.20. The molecule has 1 aliphatic rings. The highest BCUT2D eigenvalue weighted by Gasteiger charge is 2.40. The van der Waals surface area contributed by atoms with Crippen LogP contribution in [-0.4, -0.2) is 42.5 Å². The summed E-state index contributed by atoms with van der Waals surface area (Å²) in [5.74, 6) is 0.769. The first-order valence-electron chi connectivity index (χ1n) is 5.29. The van der Waals surface area contributed by atoms with Crippen LogP contribution in [0.2, 0.25) is 0 Å². The van der Waals surface area contributed by atoms with Crippen LogP contribution < -0.4 is 5.32 Å². The molecule has 2 nitrogen and oxygen atoms in total. The Morgan fingerprint density at radius 2 is 1.92 bits per heavy atom. The number of alkyl halides is 1. The molecule has 1 fully saturated rings. The predicted octanol–water partition coefficient (Wildman–Crippen LogP) is 1.69. The van der Waals surface area contributed by atoms with Crippen LogP contribution in [0.4, 0.5) is 0 Å². The van der Waals surface area contributed by atoms with Gasteiger partial charge in [0.2, 0.25) is 0 Å². The molecule has 0 saturated heterocycles. The Kier molecular flexibility index (Phi) is 4.50. The quantitative estimate of drug-likeness (QED) is 0.635. The smallest absolute Gasteiger partial charge is 0.0406 e. The number of likely N-dealkylation sites (N-methyl/N-ethyl adjacent to an activating group) is 1.